The molecule has 2 aromatic rings. The number of nitriles is 1. The van der Waals surface area contributed by atoms with E-state index in [1.165, 1.54) is 0 Å². The SMILES string of the molecule is CC1(C2CCN(C(=O)NCCC#N)CC2)[C@H](O)c2cc(Cl)cc3cnn1c23. The number of aliphatic hydroxyl groups is 1. The fourth-order valence-corrected chi connectivity index (χ4v) is 4.80. The number of aromatic nitrogens is 2. The van der Waals surface area contributed by atoms with Gasteiger partial charge in [0.2, 0.25) is 0 Å². The van der Waals surface area contributed by atoms with E-state index in [1.807, 2.05) is 29.8 Å². The summed E-state index contributed by atoms with van der Waals surface area (Å²) in [5, 5.41) is 28.6. The molecule has 2 aliphatic rings. The minimum atomic E-state index is -0.677. The van der Waals surface area contributed by atoms with E-state index in [0.717, 1.165) is 29.3 Å². The van der Waals surface area contributed by atoms with Gasteiger partial charge < -0.3 is 15.3 Å². The van der Waals surface area contributed by atoms with Crippen LogP contribution in [0.3, 0.4) is 0 Å². The molecule has 0 saturated carbocycles. The van der Waals surface area contributed by atoms with Crippen LogP contribution in [-0.2, 0) is 5.54 Å². The molecule has 0 aliphatic carbocycles. The minimum absolute atomic E-state index is 0.127. The highest BCUT2D eigenvalue weighted by atomic mass is 35.5. The van der Waals surface area contributed by atoms with Crippen molar-refractivity contribution in [1.82, 2.24) is 20.0 Å². The first-order valence-corrected chi connectivity index (χ1v) is 9.60. The second-order valence-corrected chi connectivity index (χ2v) is 7.96. The molecule has 0 radical (unpaired) electrons. The number of aliphatic hydroxyl groups excluding tert-OH is 1. The van der Waals surface area contributed by atoms with E-state index < -0.39 is 11.6 Å². The number of carbonyl (C=O) groups excluding carboxylic acids is 1. The summed E-state index contributed by atoms with van der Waals surface area (Å²) in [6.07, 6.45) is 2.99. The van der Waals surface area contributed by atoms with Gasteiger partial charge in [0, 0.05) is 35.6 Å². The van der Waals surface area contributed by atoms with E-state index in [9.17, 15) is 9.90 Å². The van der Waals surface area contributed by atoms with Gasteiger partial charge in [-0.05, 0) is 37.8 Å². The summed E-state index contributed by atoms with van der Waals surface area (Å²) in [5.74, 6) is 0.185. The number of carbonyl (C=O) groups is 1. The number of amides is 2. The number of piperidine rings is 1. The van der Waals surface area contributed by atoms with Crippen molar-refractivity contribution < 1.29 is 9.90 Å². The van der Waals surface area contributed by atoms with Gasteiger partial charge in [0.1, 0.15) is 6.10 Å². The van der Waals surface area contributed by atoms with Crippen LogP contribution >= 0.6 is 11.6 Å². The topological polar surface area (TPSA) is 94.2 Å². The van der Waals surface area contributed by atoms with E-state index in [4.69, 9.17) is 16.9 Å². The van der Waals surface area contributed by atoms with Gasteiger partial charge in [-0.1, -0.05) is 11.6 Å². The quantitative estimate of drug-likeness (QED) is 0.792. The van der Waals surface area contributed by atoms with Crippen molar-refractivity contribution in [3.8, 4) is 6.07 Å². The zero-order valence-corrected chi connectivity index (χ0v) is 15.9. The summed E-state index contributed by atoms with van der Waals surface area (Å²) < 4.78 is 1.95. The van der Waals surface area contributed by atoms with Crippen LogP contribution in [0.25, 0.3) is 10.9 Å². The summed E-state index contributed by atoms with van der Waals surface area (Å²) in [4.78, 5) is 14.0. The van der Waals surface area contributed by atoms with Gasteiger partial charge in [0.15, 0.2) is 0 Å². The van der Waals surface area contributed by atoms with Crippen molar-refractivity contribution in [3.05, 3.63) is 28.9 Å². The average Bonchev–Trinajstić information content (AvgIpc) is 3.18. The smallest absolute Gasteiger partial charge is 0.317 e. The van der Waals surface area contributed by atoms with Crippen molar-refractivity contribution in [2.45, 2.75) is 37.8 Å². The maximum atomic E-state index is 12.2. The van der Waals surface area contributed by atoms with Gasteiger partial charge in [0.25, 0.3) is 0 Å². The Morgan fingerprint density at radius 2 is 2.22 bits per heavy atom. The third kappa shape index (κ3) is 2.75. The van der Waals surface area contributed by atoms with Crippen molar-refractivity contribution in [3.63, 3.8) is 0 Å². The molecule has 1 saturated heterocycles. The number of hydrogen-bond acceptors (Lipinski definition) is 4. The van der Waals surface area contributed by atoms with Crippen LogP contribution in [0.4, 0.5) is 4.79 Å². The number of hydrogen-bond donors (Lipinski definition) is 2. The van der Waals surface area contributed by atoms with Crippen molar-refractivity contribution >= 4 is 28.5 Å². The lowest BCUT2D eigenvalue weighted by molar-refractivity contribution is -0.0116. The monoisotopic (exact) mass is 387 g/mol. The van der Waals surface area contributed by atoms with Crippen LogP contribution < -0.4 is 5.32 Å². The molecule has 142 valence electrons. The summed E-state index contributed by atoms with van der Waals surface area (Å²) in [7, 11) is 0. The molecule has 1 aromatic heterocycles. The molecule has 0 spiro atoms. The Morgan fingerprint density at radius 3 is 2.93 bits per heavy atom. The molecule has 3 heterocycles. The van der Waals surface area contributed by atoms with Gasteiger partial charge in [-0.3, -0.25) is 4.68 Å². The summed E-state index contributed by atoms with van der Waals surface area (Å²) >= 11 is 6.21. The number of urea groups is 1. The maximum Gasteiger partial charge on any atom is 0.317 e. The molecule has 0 bridgehead atoms. The van der Waals surface area contributed by atoms with Gasteiger partial charge >= 0.3 is 6.03 Å². The van der Waals surface area contributed by atoms with E-state index in [-0.39, 0.29) is 11.9 Å². The molecule has 7 nitrogen and oxygen atoms in total. The number of likely N-dealkylation sites (tertiary alicyclic amines) is 1. The highest BCUT2D eigenvalue weighted by Gasteiger charge is 2.50. The molecule has 2 aliphatic heterocycles. The van der Waals surface area contributed by atoms with Crippen molar-refractivity contribution in [1.29, 1.82) is 5.26 Å². The Kier molecular flexibility index (Phi) is 4.49. The molecule has 4 rings (SSSR count). The third-order valence-corrected chi connectivity index (χ3v) is 6.30. The van der Waals surface area contributed by atoms with Crippen LogP contribution in [0.15, 0.2) is 18.3 Å². The number of benzene rings is 1. The first-order chi connectivity index (χ1) is 13.0. The van der Waals surface area contributed by atoms with Crippen LogP contribution in [0.1, 0.15) is 37.9 Å². The lowest BCUT2D eigenvalue weighted by Gasteiger charge is -2.42. The van der Waals surface area contributed by atoms with Crippen LogP contribution in [0.5, 0.6) is 0 Å². The van der Waals surface area contributed by atoms with Crippen LogP contribution in [0.2, 0.25) is 5.02 Å². The highest BCUT2D eigenvalue weighted by Crippen LogP contribution is 2.51. The lowest BCUT2D eigenvalue weighted by atomic mass is 9.75. The van der Waals surface area contributed by atoms with E-state index in [0.29, 0.717) is 31.1 Å². The van der Waals surface area contributed by atoms with Crippen LogP contribution in [0, 0.1) is 17.2 Å². The Hall–Kier alpha value is -2.30. The summed E-state index contributed by atoms with van der Waals surface area (Å²) in [6.45, 7) is 3.65. The standard InChI is InChI=1S/C19H22ClN5O2/c1-19(13-3-7-24(8-4-13)18(27)22-6-2-5-21)17(26)15-10-14(20)9-12-11-23-25(19)16(12)15/h9-11,13,17,26H,2-4,6-8H2,1H3,(H,22,27)/t17-,19?/m1/s1. The zero-order valence-electron chi connectivity index (χ0n) is 15.2. The Balaban J connectivity index is 1.52. The molecule has 8 heteroatoms. The largest absolute Gasteiger partial charge is 0.386 e. The van der Waals surface area contributed by atoms with E-state index >= 15 is 0 Å². The number of halogens is 1. The molecule has 1 fully saturated rings. The molecule has 1 unspecified atom stereocenters. The van der Waals surface area contributed by atoms with Gasteiger partial charge in [-0.2, -0.15) is 10.4 Å². The van der Waals surface area contributed by atoms with Crippen molar-refractivity contribution in [2.75, 3.05) is 19.6 Å². The molecule has 2 N–H and O–H groups in total. The first kappa shape index (κ1) is 18.1. The van der Waals surface area contributed by atoms with E-state index in [1.54, 1.807) is 11.1 Å². The Bertz CT molecular complexity index is 928. The third-order valence-electron chi connectivity index (χ3n) is 6.08. The maximum absolute atomic E-state index is 12.2. The molecule has 2 atom stereocenters. The normalized spacial score (nSPS) is 25.0. The fourth-order valence-electron chi connectivity index (χ4n) is 4.57. The molecule has 1 aromatic carbocycles. The summed E-state index contributed by atoms with van der Waals surface area (Å²) in [6, 6.07) is 5.59. The number of nitrogens with zero attached hydrogens (tertiary/aromatic N) is 4. The Labute approximate surface area is 162 Å². The van der Waals surface area contributed by atoms with Gasteiger partial charge in [-0.15, -0.1) is 0 Å². The van der Waals surface area contributed by atoms with Crippen molar-refractivity contribution in [2.24, 2.45) is 5.92 Å². The number of rotatable bonds is 3. The predicted molar refractivity (Wildman–Crippen MR) is 101 cm³/mol. The van der Waals surface area contributed by atoms with E-state index in [2.05, 4.69) is 10.4 Å². The van der Waals surface area contributed by atoms with Crippen LogP contribution in [-0.4, -0.2) is 45.5 Å². The lowest BCUT2D eigenvalue weighted by Crippen LogP contribution is -2.50. The summed E-state index contributed by atoms with van der Waals surface area (Å²) in [5.41, 5.74) is 1.22. The fraction of sp³-hybridized carbons (Fsp3) is 0.526. The first-order valence-electron chi connectivity index (χ1n) is 9.22. The second kappa shape index (κ2) is 6.70. The van der Waals surface area contributed by atoms with Gasteiger partial charge in [0.05, 0.1) is 29.7 Å². The Morgan fingerprint density at radius 1 is 1.48 bits per heavy atom. The predicted octanol–water partition coefficient (Wildman–Crippen LogP) is 2.79. The zero-order chi connectivity index (χ0) is 19.2. The molecular formula is C19H22ClN5O2. The second-order valence-electron chi connectivity index (χ2n) is 7.52. The molecule has 27 heavy (non-hydrogen) atoms. The minimum Gasteiger partial charge on any atom is -0.386 e. The molecular weight excluding hydrogens is 366 g/mol. The number of nitrogens with one attached hydrogen (secondary N) is 1. The highest BCUT2D eigenvalue weighted by molar-refractivity contribution is 6.31. The van der Waals surface area contributed by atoms with Gasteiger partial charge in [-0.25, -0.2) is 4.79 Å². The average molecular weight is 388 g/mol. The molecule has 2 amide bonds.